The Hall–Kier alpha value is 0.0300. The Morgan fingerprint density at radius 2 is 2.08 bits per heavy atom. The van der Waals surface area contributed by atoms with Crippen molar-refractivity contribution in [3.63, 3.8) is 0 Å². The molecule has 0 unspecified atom stereocenters. The third kappa shape index (κ3) is 4.82. The Morgan fingerprint density at radius 3 is 2.58 bits per heavy atom. The Bertz CT molecular complexity index is 142. The molecule has 1 saturated heterocycles. The van der Waals surface area contributed by atoms with Gasteiger partial charge in [0.15, 0.2) is 0 Å². The second kappa shape index (κ2) is 6.54. The molecule has 0 radical (unpaired) electrons. The van der Waals surface area contributed by atoms with Crippen molar-refractivity contribution in [3.05, 3.63) is 0 Å². The van der Waals surface area contributed by atoms with E-state index in [1.165, 1.54) is 19.1 Å². The van der Waals surface area contributed by atoms with Crippen molar-refractivity contribution >= 4 is 30.4 Å². The van der Waals surface area contributed by atoms with Crippen LogP contribution in [0.15, 0.2) is 0 Å². The summed E-state index contributed by atoms with van der Waals surface area (Å²) in [6.07, 6.45) is 0. The molecule has 6 heteroatoms. The summed E-state index contributed by atoms with van der Waals surface area (Å²) in [5, 5.41) is 0. The Labute approximate surface area is 82.7 Å². The molecule has 0 aromatic carbocycles. The number of hydrogen-bond acceptors (Lipinski definition) is 4. The van der Waals surface area contributed by atoms with Crippen molar-refractivity contribution < 1.29 is 9.53 Å². The molecule has 0 spiro atoms. The number of amides is 1. The van der Waals surface area contributed by atoms with Gasteiger partial charge in [0, 0.05) is 32.1 Å². The minimum Gasteiger partial charge on any atom is -0.379 e. The van der Waals surface area contributed by atoms with Crippen molar-refractivity contribution in [1.82, 2.24) is 9.03 Å². The van der Waals surface area contributed by atoms with Crippen LogP contribution in [-0.4, -0.2) is 36.5 Å². The number of nitrogens with zero attached hydrogens (tertiary/aromatic N) is 1. The smallest absolute Gasteiger partial charge is 0.227 e. The summed E-state index contributed by atoms with van der Waals surface area (Å²) in [5.41, 5.74) is 0. The summed E-state index contributed by atoms with van der Waals surface area (Å²) in [6.45, 7) is 4.78. The van der Waals surface area contributed by atoms with Gasteiger partial charge in [0.25, 0.3) is 0 Å². The van der Waals surface area contributed by atoms with E-state index < -0.39 is 0 Å². The number of nitrogens with one attached hydrogen (secondary N) is 1. The Kier molecular flexibility index (Phi) is 6.55. The number of carbonyl (C=O) groups is 1. The maximum absolute atomic E-state index is 10.5. The van der Waals surface area contributed by atoms with Crippen LogP contribution in [0.3, 0.4) is 0 Å². The fraction of sp³-hybridized carbons (Fsp3) is 0.833. The van der Waals surface area contributed by atoms with E-state index in [0.717, 1.165) is 26.3 Å². The van der Waals surface area contributed by atoms with E-state index in [0.29, 0.717) is 0 Å². The summed E-state index contributed by atoms with van der Waals surface area (Å²) in [5.74, 6) is -0.0125. The average Bonchev–Trinajstić information content (AvgIpc) is 2.03. The minimum absolute atomic E-state index is 0. The lowest BCUT2D eigenvalue weighted by Crippen LogP contribution is -2.34. The van der Waals surface area contributed by atoms with E-state index in [4.69, 9.17) is 4.74 Å². The highest BCUT2D eigenvalue weighted by atomic mass is 35.5. The van der Waals surface area contributed by atoms with Crippen molar-refractivity contribution in [3.8, 4) is 0 Å². The molecule has 1 aliphatic rings. The Balaban J connectivity index is 0.00000121. The zero-order valence-electron chi connectivity index (χ0n) is 6.91. The molecule has 72 valence electrons. The number of ether oxygens (including phenoxy) is 1. The van der Waals surface area contributed by atoms with Crippen LogP contribution in [0.4, 0.5) is 0 Å². The monoisotopic (exact) mass is 212 g/mol. The summed E-state index contributed by atoms with van der Waals surface area (Å²) in [6, 6.07) is 0. The third-order valence-electron chi connectivity index (χ3n) is 1.29. The first-order valence-corrected chi connectivity index (χ1v) is 4.32. The van der Waals surface area contributed by atoms with Gasteiger partial charge in [-0.2, -0.15) is 0 Å². The molecule has 1 fully saturated rings. The van der Waals surface area contributed by atoms with Crippen LogP contribution in [0.5, 0.6) is 0 Å². The van der Waals surface area contributed by atoms with E-state index in [9.17, 15) is 4.79 Å². The van der Waals surface area contributed by atoms with Crippen LogP contribution in [-0.2, 0) is 9.53 Å². The maximum Gasteiger partial charge on any atom is 0.227 e. The van der Waals surface area contributed by atoms with Gasteiger partial charge in [0.2, 0.25) is 5.91 Å². The number of carbonyl (C=O) groups excluding carboxylic acids is 1. The number of hydrogen-bond donors (Lipinski definition) is 1. The molecule has 1 N–H and O–H groups in total. The van der Waals surface area contributed by atoms with Crippen LogP contribution in [0, 0.1) is 0 Å². The SMILES string of the molecule is CC(=O)NSN1CCOCC1.Cl. The molecule has 1 amide bonds. The Morgan fingerprint density at radius 1 is 1.50 bits per heavy atom. The molecular weight excluding hydrogens is 200 g/mol. The van der Waals surface area contributed by atoms with Gasteiger partial charge >= 0.3 is 0 Å². The molecule has 12 heavy (non-hydrogen) atoms. The third-order valence-corrected chi connectivity index (χ3v) is 2.29. The van der Waals surface area contributed by atoms with Gasteiger partial charge in [-0.3, -0.25) is 9.52 Å². The fourth-order valence-corrected chi connectivity index (χ4v) is 1.36. The molecule has 0 bridgehead atoms. The molecule has 0 aliphatic carbocycles. The van der Waals surface area contributed by atoms with E-state index in [1.54, 1.807) is 0 Å². The van der Waals surface area contributed by atoms with Crippen LogP contribution >= 0.6 is 24.5 Å². The van der Waals surface area contributed by atoms with E-state index in [2.05, 4.69) is 9.03 Å². The molecule has 0 atom stereocenters. The summed E-state index contributed by atoms with van der Waals surface area (Å²) < 4.78 is 9.88. The average molecular weight is 213 g/mol. The predicted molar refractivity (Wildman–Crippen MR) is 51.0 cm³/mol. The lowest BCUT2D eigenvalue weighted by molar-refractivity contribution is -0.117. The van der Waals surface area contributed by atoms with E-state index in [-0.39, 0.29) is 18.3 Å². The fourth-order valence-electron chi connectivity index (χ4n) is 0.767. The highest BCUT2D eigenvalue weighted by Crippen LogP contribution is 2.07. The van der Waals surface area contributed by atoms with Crippen molar-refractivity contribution in [2.45, 2.75) is 6.92 Å². The summed E-state index contributed by atoms with van der Waals surface area (Å²) >= 11 is 1.36. The summed E-state index contributed by atoms with van der Waals surface area (Å²) in [7, 11) is 0. The van der Waals surface area contributed by atoms with E-state index >= 15 is 0 Å². The molecule has 1 rings (SSSR count). The highest BCUT2D eigenvalue weighted by Gasteiger charge is 2.10. The molecule has 1 heterocycles. The summed E-state index contributed by atoms with van der Waals surface area (Å²) in [4.78, 5) is 10.5. The molecule has 0 aromatic heterocycles. The largest absolute Gasteiger partial charge is 0.379 e. The first-order valence-electron chi connectivity index (χ1n) is 3.55. The lowest BCUT2D eigenvalue weighted by Gasteiger charge is -2.24. The first-order chi connectivity index (χ1) is 5.29. The van der Waals surface area contributed by atoms with Gasteiger partial charge in [-0.05, 0) is 0 Å². The minimum atomic E-state index is -0.0125. The van der Waals surface area contributed by atoms with Gasteiger partial charge < -0.3 is 4.74 Å². The molecule has 1 aliphatic heterocycles. The van der Waals surface area contributed by atoms with Gasteiger partial charge in [-0.15, -0.1) is 12.4 Å². The zero-order valence-corrected chi connectivity index (χ0v) is 8.54. The van der Waals surface area contributed by atoms with Gasteiger partial charge in [0.1, 0.15) is 0 Å². The normalized spacial score (nSPS) is 18.1. The molecular formula is C6H13ClN2O2S. The van der Waals surface area contributed by atoms with Crippen molar-refractivity contribution in [1.29, 1.82) is 0 Å². The standard InChI is InChI=1S/C6H12N2O2S.ClH/c1-6(9)7-11-8-2-4-10-5-3-8;/h2-5H2,1H3,(H,7,9);1H. The topological polar surface area (TPSA) is 41.6 Å². The molecule has 0 aromatic rings. The first kappa shape index (κ1) is 12.0. The number of morpholine rings is 1. The second-order valence-electron chi connectivity index (χ2n) is 2.29. The van der Waals surface area contributed by atoms with Crippen LogP contribution in [0.1, 0.15) is 6.92 Å². The predicted octanol–water partition coefficient (Wildman–Crippen LogP) is 0.440. The zero-order chi connectivity index (χ0) is 8.10. The molecule has 0 saturated carbocycles. The highest BCUT2D eigenvalue weighted by molar-refractivity contribution is 7.95. The second-order valence-corrected chi connectivity index (χ2v) is 3.19. The quantitative estimate of drug-likeness (QED) is 0.675. The van der Waals surface area contributed by atoms with Crippen molar-refractivity contribution in [2.75, 3.05) is 26.3 Å². The van der Waals surface area contributed by atoms with Gasteiger partial charge in [-0.25, -0.2) is 4.31 Å². The van der Waals surface area contributed by atoms with Crippen LogP contribution in [0.25, 0.3) is 0 Å². The van der Waals surface area contributed by atoms with Crippen molar-refractivity contribution in [2.24, 2.45) is 0 Å². The van der Waals surface area contributed by atoms with Crippen LogP contribution < -0.4 is 4.72 Å². The number of rotatable bonds is 2. The molecule has 4 nitrogen and oxygen atoms in total. The lowest BCUT2D eigenvalue weighted by atomic mass is 10.5. The van der Waals surface area contributed by atoms with Gasteiger partial charge in [0.05, 0.1) is 13.2 Å². The maximum atomic E-state index is 10.5. The van der Waals surface area contributed by atoms with E-state index in [1.807, 2.05) is 0 Å². The van der Waals surface area contributed by atoms with Crippen LogP contribution in [0.2, 0.25) is 0 Å². The van der Waals surface area contributed by atoms with Gasteiger partial charge in [-0.1, -0.05) is 0 Å². The number of halogens is 1.